The Kier molecular flexibility index (Phi) is 4.86. The number of carbonyl (C=O) groups is 1. The SMILES string of the molecule is O=C(C[C@@H]1CCNC1)NCc1cccc(-c2ccccc2)c1. The molecule has 1 fully saturated rings. The highest BCUT2D eigenvalue weighted by molar-refractivity contribution is 5.76. The highest BCUT2D eigenvalue weighted by atomic mass is 16.1. The highest BCUT2D eigenvalue weighted by Gasteiger charge is 2.17. The van der Waals surface area contributed by atoms with Gasteiger partial charge in [-0.1, -0.05) is 48.5 Å². The first-order valence-corrected chi connectivity index (χ1v) is 7.93. The molecule has 22 heavy (non-hydrogen) atoms. The van der Waals surface area contributed by atoms with Crippen LogP contribution < -0.4 is 10.6 Å². The van der Waals surface area contributed by atoms with E-state index in [2.05, 4.69) is 41.0 Å². The van der Waals surface area contributed by atoms with E-state index in [9.17, 15) is 4.79 Å². The lowest BCUT2D eigenvalue weighted by molar-refractivity contribution is -0.122. The zero-order chi connectivity index (χ0) is 15.2. The number of hydrogen-bond donors (Lipinski definition) is 2. The van der Waals surface area contributed by atoms with Crippen LogP contribution in [-0.4, -0.2) is 19.0 Å². The molecular formula is C19H22N2O. The molecule has 3 nitrogen and oxygen atoms in total. The Bertz CT molecular complexity index is 618. The van der Waals surface area contributed by atoms with Crippen molar-refractivity contribution in [2.24, 2.45) is 5.92 Å². The van der Waals surface area contributed by atoms with Gasteiger partial charge in [0.25, 0.3) is 0 Å². The van der Waals surface area contributed by atoms with Gasteiger partial charge in [0.1, 0.15) is 0 Å². The lowest BCUT2D eigenvalue weighted by Gasteiger charge is -2.10. The van der Waals surface area contributed by atoms with Crippen molar-refractivity contribution in [2.75, 3.05) is 13.1 Å². The normalized spacial score (nSPS) is 17.4. The minimum Gasteiger partial charge on any atom is -0.352 e. The van der Waals surface area contributed by atoms with Gasteiger partial charge < -0.3 is 10.6 Å². The van der Waals surface area contributed by atoms with Gasteiger partial charge in [0.2, 0.25) is 5.91 Å². The molecule has 0 aliphatic carbocycles. The van der Waals surface area contributed by atoms with E-state index < -0.39 is 0 Å². The molecule has 0 unspecified atom stereocenters. The molecule has 3 heteroatoms. The number of amides is 1. The van der Waals surface area contributed by atoms with Crippen LogP contribution in [0.25, 0.3) is 11.1 Å². The number of benzene rings is 2. The van der Waals surface area contributed by atoms with E-state index in [0.717, 1.165) is 25.1 Å². The molecule has 1 aliphatic heterocycles. The summed E-state index contributed by atoms with van der Waals surface area (Å²) >= 11 is 0. The summed E-state index contributed by atoms with van der Waals surface area (Å²) in [6.45, 7) is 2.60. The maximum absolute atomic E-state index is 12.0. The summed E-state index contributed by atoms with van der Waals surface area (Å²) in [6, 6.07) is 18.7. The Hall–Kier alpha value is -2.13. The average molecular weight is 294 g/mol. The van der Waals surface area contributed by atoms with Gasteiger partial charge >= 0.3 is 0 Å². The van der Waals surface area contributed by atoms with E-state index in [1.807, 2.05) is 24.3 Å². The fraction of sp³-hybridized carbons (Fsp3) is 0.316. The van der Waals surface area contributed by atoms with E-state index in [1.165, 1.54) is 11.1 Å². The van der Waals surface area contributed by atoms with E-state index >= 15 is 0 Å². The van der Waals surface area contributed by atoms with Crippen molar-refractivity contribution in [1.29, 1.82) is 0 Å². The molecule has 1 heterocycles. The summed E-state index contributed by atoms with van der Waals surface area (Å²) in [4.78, 5) is 12.0. The van der Waals surface area contributed by atoms with Gasteiger partial charge in [0.15, 0.2) is 0 Å². The first-order chi connectivity index (χ1) is 10.8. The van der Waals surface area contributed by atoms with Crippen molar-refractivity contribution in [3.63, 3.8) is 0 Å². The van der Waals surface area contributed by atoms with Gasteiger partial charge in [-0.2, -0.15) is 0 Å². The molecule has 2 aromatic rings. The third kappa shape index (κ3) is 3.95. The van der Waals surface area contributed by atoms with Crippen LogP contribution in [0.15, 0.2) is 54.6 Å². The smallest absolute Gasteiger partial charge is 0.220 e. The van der Waals surface area contributed by atoms with Crippen LogP contribution >= 0.6 is 0 Å². The van der Waals surface area contributed by atoms with Crippen LogP contribution in [-0.2, 0) is 11.3 Å². The Balaban J connectivity index is 1.57. The summed E-state index contributed by atoms with van der Waals surface area (Å²) in [5, 5.41) is 6.33. The van der Waals surface area contributed by atoms with Crippen molar-refractivity contribution in [3.05, 3.63) is 60.2 Å². The van der Waals surface area contributed by atoms with Crippen LogP contribution in [0.2, 0.25) is 0 Å². The number of rotatable bonds is 5. The third-order valence-corrected chi connectivity index (χ3v) is 4.16. The lowest BCUT2D eigenvalue weighted by atomic mass is 10.0. The molecule has 1 aliphatic rings. The average Bonchev–Trinajstić information content (AvgIpc) is 3.07. The van der Waals surface area contributed by atoms with Crippen molar-refractivity contribution in [3.8, 4) is 11.1 Å². The van der Waals surface area contributed by atoms with Gasteiger partial charge in [0.05, 0.1) is 0 Å². The third-order valence-electron chi connectivity index (χ3n) is 4.16. The quantitative estimate of drug-likeness (QED) is 0.890. The Labute approximate surface area is 131 Å². The summed E-state index contributed by atoms with van der Waals surface area (Å²) < 4.78 is 0. The molecule has 1 saturated heterocycles. The zero-order valence-corrected chi connectivity index (χ0v) is 12.7. The minimum atomic E-state index is 0.152. The largest absolute Gasteiger partial charge is 0.352 e. The molecule has 0 saturated carbocycles. The van der Waals surface area contributed by atoms with Crippen LogP contribution in [0, 0.1) is 5.92 Å². The van der Waals surface area contributed by atoms with Crippen LogP contribution in [0.3, 0.4) is 0 Å². The van der Waals surface area contributed by atoms with Crippen LogP contribution in [0.5, 0.6) is 0 Å². The fourth-order valence-corrected chi connectivity index (χ4v) is 2.92. The maximum Gasteiger partial charge on any atom is 0.220 e. The van der Waals surface area contributed by atoms with Crippen molar-refractivity contribution in [2.45, 2.75) is 19.4 Å². The van der Waals surface area contributed by atoms with Gasteiger partial charge in [0, 0.05) is 13.0 Å². The highest BCUT2D eigenvalue weighted by Crippen LogP contribution is 2.20. The topological polar surface area (TPSA) is 41.1 Å². The molecule has 2 aromatic carbocycles. The lowest BCUT2D eigenvalue weighted by Crippen LogP contribution is -2.25. The van der Waals surface area contributed by atoms with E-state index in [4.69, 9.17) is 0 Å². The summed E-state index contributed by atoms with van der Waals surface area (Å²) in [5.74, 6) is 0.648. The standard InChI is InChI=1S/C19H22N2O/c22-19(12-16-9-10-20-13-16)21-14-15-5-4-8-18(11-15)17-6-2-1-3-7-17/h1-8,11,16,20H,9-10,12-14H2,(H,21,22)/t16-/m0/s1. The first kappa shape index (κ1) is 14.8. The van der Waals surface area contributed by atoms with Gasteiger partial charge in [-0.3, -0.25) is 4.79 Å². The summed E-state index contributed by atoms with van der Waals surface area (Å²) in [6.07, 6.45) is 1.74. The van der Waals surface area contributed by atoms with Gasteiger partial charge in [-0.05, 0) is 48.2 Å². The molecule has 0 radical (unpaired) electrons. The van der Waals surface area contributed by atoms with E-state index in [0.29, 0.717) is 18.9 Å². The predicted molar refractivity (Wildman–Crippen MR) is 89.3 cm³/mol. The number of hydrogen-bond acceptors (Lipinski definition) is 2. The molecule has 1 amide bonds. The zero-order valence-electron chi connectivity index (χ0n) is 12.7. The predicted octanol–water partition coefficient (Wildman–Crippen LogP) is 2.97. The Morgan fingerprint density at radius 1 is 1.09 bits per heavy atom. The molecular weight excluding hydrogens is 272 g/mol. The van der Waals surface area contributed by atoms with Crippen LogP contribution in [0.1, 0.15) is 18.4 Å². The van der Waals surface area contributed by atoms with Gasteiger partial charge in [-0.15, -0.1) is 0 Å². The molecule has 114 valence electrons. The van der Waals surface area contributed by atoms with Crippen LogP contribution in [0.4, 0.5) is 0 Å². The second kappa shape index (κ2) is 7.23. The van der Waals surface area contributed by atoms with E-state index in [-0.39, 0.29) is 5.91 Å². The van der Waals surface area contributed by atoms with Crippen molar-refractivity contribution >= 4 is 5.91 Å². The molecule has 2 N–H and O–H groups in total. The van der Waals surface area contributed by atoms with Crippen molar-refractivity contribution < 1.29 is 4.79 Å². The second-order valence-electron chi connectivity index (χ2n) is 5.91. The molecule has 0 aromatic heterocycles. The molecule has 3 rings (SSSR count). The number of nitrogens with one attached hydrogen (secondary N) is 2. The Morgan fingerprint density at radius 2 is 1.91 bits per heavy atom. The van der Waals surface area contributed by atoms with Gasteiger partial charge in [-0.25, -0.2) is 0 Å². The minimum absolute atomic E-state index is 0.152. The summed E-state index contributed by atoms with van der Waals surface area (Å²) in [7, 11) is 0. The second-order valence-corrected chi connectivity index (χ2v) is 5.91. The maximum atomic E-state index is 12.0. The molecule has 0 spiro atoms. The molecule has 1 atom stereocenters. The Morgan fingerprint density at radius 3 is 2.68 bits per heavy atom. The fourth-order valence-electron chi connectivity index (χ4n) is 2.92. The van der Waals surface area contributed by atoms with Crippen molar-refractivity contribution in [1.82, 2.24) is 10.6 Å². The monoisotopic (exact) mass is 294 g/mol. The first-order valence-electron chi connectivity index (χ1n) is 7.93. The summed E-state index contributed by atoms with van der Waals surface area (Å²) in [5.41, 5.74) is 3.53. The molecule has 0 bridgehead atoms. The number of carbonyl (C=O) groups excluding carboxylic acids is 1. The van der Waals surface area contributed by atoms with E-state index in [1.54, 1.807) is 0 Å².